The van der Waals surface area contributed by atoms with Gasteiger partial charge in [0.15, 0.2) is 0 Å². The summed E-state index contributed by atoms with van der Waals surface area (Å²) in [6.07, 6.45) is 1.64. The Morgan fingerprint density at radius 2 is 1.71 bits per heavy atom. The Kier molecular flexibility index (Phi) is 7.49. The fraction of sp³-hybridized carbons (Fsp3) is 0.500. The van der Waals surface area contributed by atoms with Crippen molar-refractivity contribution in [2.24, 2.45) is 0 Å². The average molecular weight is 385 g/mol. The minimum Gasteiger partial charge on any atom is -0.494 e. The van der Waals surface area contributed by atoms with Crippen molar-refractivity contribution >= 4 is 0 Å². The Hall–Kier alpha value is -1.88. The average Bonchev–Trinajstić information content (AvgIpc) is 2.77. The molecule has 1 heterocycles. The van der Waals surface area contributed by atoms with Crippen molar-refractivity contribution in [2.75, 3.05) is 39.5 Å². The summed E-state index contributed by atoms with van der Waals surface area (Å²) in [5.41, 5.74) is 1.23. The van der Waals surface area contributed by atoms with Gasteiger partial charge >= 0.3 is 0 Å². The highest BCUT2D eigenvalue weighted by molar-refractivity contribution is 5.35. The number of morpholine rings is 1. The summed E-state index contributed by atoms with van der Waals surface area (Å²) in [7, 11) is 0. The molecule has 0 bridgehead atoms. The first-order chi connectivity index (χ1) is 13.7. The van der Waals surface area contributed by atoms with Gasteiger partial charge in [-0.05, 0) is 36.1 Å². The van der Waals surface area contributed by atoms with Gasteiger partial charge in [-0.15, -0.1) is 0 Å². The number of nitrogens with one attached hydrogen (secondary N) is 1. The van der Waals surface area contributed by atoms with Crippen molar-refractivity contribution < 1.29 is 19.5 Å². The molecule has 1 saturated heterocycles. The van der Waals surface area contributed by atoms with E-state index in [9.17, 15) is 5.11 Å². The monoisotopic (exact) mass is 384 g/mol. The summed E-state index contributed by atoms with van der Waals surface area (Å²) in [6, 6.07) is 18.5. The number of rotatable bonds is 9. The van der Waals surface area contributed by atoms with Crippen LogP contribution in [-0.4, -0.2) is 44.6 Å². The van der Waals surface area contributed by atoms with Crippen LogP contribution in [0, 0.1) is 0 Å². The standard InChI is InChI=1S/C24H33NO3/c1-3-16-28-22-12-10-21(11-13-22)24(26,4-2)23(20-8-6-5-7-9-20)19-25-14-17-27-18-15-25/h5-13,23,26H,3-4,14-19H2,1-2H3/p+1/t23-,24-/m1/s1. The fourth-order valence-corrected chi connectivity index (χ4v) is 4.11. The SMILES string of the molecule is CCCOc1ccc([C@](O)(CC)[C@H](C[NH+]2CCOCC2)c2ccccc2)cc1. The zero-order valence-corrected chi connectivity index (χ0v) is 17.2. The molecule has 28 heavy (non-hydrogen) atoms. The molecular formula is C24H34NO3+. The van der Waals surface area contributed by atoms with E-state index in [2.05, 4.69) is 38.1 Å². The molecule has 2 aromatic rings. The molecule has 1 aliphatic heterocycles. The van der Waals surface area contributed by atoms with Gasteiger partial charge < -0.3 is 19.5 Å². The van der Waals surface area contributed by atoms with Gasteiger partial charge in [0, 0.05) is 0 Å². The lowest BCUT2D eigenvalue weighted by Crippen LogP contribution is -3.14. The highest BCUT2D eigenvalue weighted by atomic mass is 16.5. The van der Waals surface area contributed by atoms with Gasteiger partial charge in [0.1, 0.15) is 24.4 Å². The number of ether oxygens (including phenoxy) is 2. The zero-order valence-electron chi connectivity index (χ0n) is 17.2. The molecule has 3 rings (SSSR count). The molecule has 0 aromatic heterocycles. The molecule has 0 saturated carbocycles. The van der Waals surface area contributed by atoms with Gasteiger partial charge in [-0.1, -0.05) is 56.3 Å². The summed E-state index contributed by atoms with van der Waals surface area (Å²) in [5.74, 6) is 0.883. The lowest BCUT2D eigenvalue weighted by Gasteiger charge is -2.38. The number of quaternary nitrogens is 1. The molecule has 4 heteroatoms. The van der Waals surface area contributed by atoms with Gasteiger partial charge in [0.2, 0.25) is 0 Å². The summed E-state index contributed by atoms with van der Waals surface area (Å²) >= 11 is 0. The first kappa shape index (κ1) is 20.8. The lowest BCUT2D eigenvalue weighted by molar-refractivity contribution is -0.910. The van der Waals surface area contributed by atoms with Gasteiger partial charge in [-0.3, -0.25) is 0 Å². The van der Waals surface area contributed by atoms with Gasteiger partial charge in [0.25, 0.3) is 0 Å². The molecule has 0 radical (unpaired) electrons. The maximum atomic E-state index is 11.9. The second-order valence-corrected chi connectivity index (χ2v) is 7.68. The van der Waals surface area contributed by atoms with Crippen molar-refractivity contribution in [1.82, 2.24) is 0 Å². The molecule has 1 fully saturated rings. The lowest BCUT2D eigenvalue weighted by atomic mass is 9.75. The molecule has 1 aliphatic rings. The summed E-state index contributed by atoms with van der Waals surface area (Å²) in [6.45, 7) is 9.36. The van der Waals surface area contributed by atoms with Crippen LogP contribution >= 0.6 is 0 Å². The quantitative estimate of drug-likeness (QED) is 0.699. The minimum atomic E-state index is -0.921. The maximum Gasteiger partial charge on any atom is 0.119 e. The molecule has 2 aromatic carbocycles. The van der Waals surface area contributed by atoms with Gasteiger partial charge in [-0.25, -0.2) is 0 Å². The van der Waals surface area contributed by atoms with E-state index in [0.29, 0.717) is 13.0 Å². The first-order valence-electron chi connectivity index (χ1n) is 10.6. The van der Waals surface area contributed by atoms with Crippen molar-refractivity contribution in [2.45, 2.75) is 38.2 Å². The summed E-state index contributed by atoms with van der Waals surface area (Å²) < 4.78 is 11.3. The second kappa shape index (κ2) is 10.1. The second-order valence-electron chi connectivity index (χ2n) is 7.68. The summed E-state index contributed by atoms with van der Waals surface area (Å²) in [4.78, 5) is 1.50. The predicted molar refractivity (Wildman–Crippen MR) is 112 cm³/mol. The van der Waals surface area contributed by atoms with Crippen LogP contribution in [0.25, 0.3) is 0 Å². The van der Waals surface area contributed by atoms with Crippen LogP contribution in [0.3, 0.4) is 0 Å². The number of benzene rings is 2. The van der Waals surface area contributed by atoms with E-state index < -0.39 is 5.60 Å². The maximum absolute atomic E-state index is 11.9. The van der Waals surface area contributed by atoms with Gasteiger partial charge in [-0.2, -0.15) is 0 Å². The minimum absolute atomic E-state index is 0.0224. The third-order valence-corrected chi connectivity index (χ3v) is 5.84. The molecular weight excluding hydrogens is 350 g/mol. The molecule has 0 aliphatic carbocycles. The molecule has 0 unspecified atom stereocenters. The Labute approximate surface area is 169 Å². The van der Waals surface area contributed by atoms with Crippen LogP contribution in [-0.2, 0) is 10.3 Å². The fourth-order valence-electron chi connectivity index (χ4n) is 4.11. The molecule has 152 valence electrons. The molecule has 0 spiro atoms. The molecule has 0 amide bonds. The third kappa shape index (κ3) is 4.93. The molecule has 2 atom stereocenters. The largest absolute Gasteiger partial charge is 0.494 e. The van der Waals surface area contributed by atoms with Gasteiger partial charge in [0.05, 0.1) is 32.3 Å². The van der Waals surface area contributed by atoms with Crippen LogP contribution in [0.5, 0.6) is 5.75 Å². The molecule has 2 N–H and O–H groups in total. The van der Waals surface area contributed by atoms with Crippen molar-refractivity contribution in [3.63, 3.8) is 0 Å². The van der Waals surface area contributed by atoms with Crippen molar-refractivity contribution in [3.8, 4) is 5.75 Å². The van der Waals surface area contributed by atoms with E-state index in [4.69, 9.17) is 9.47 Å². The highest BCUT2D eigenvalue weighted by Crippen LogP contribution is 2.39. The first-order valence-corrected chi connectivity index (χ1v) is 10.6. The van der Waals surface area contributed by atoms with E-state index >= 15 is 0 Å². The van der Waals surface area contributed by atoms with Crippen molar-refractivity contribution in [3.05, 3.63) is 65.7 Å². The van der Waals surface area contributed by atoms with Crippen molar-refractivity contribution in [1.29, 1.82) is 0 Å². The Morgan fingerprint density at radius 1 is 1.04 bits per heavy atom. The number of aliphatic hydroxyl groups is 1. The van der Waals surface area contributed by atoms with E-state index in [1.807, 2.05) is 30.3 Å². The normalized spacial score (nSPS) is 18.4. The zero-order chi connectivity index (χ0) is 19.8. The van der Waals surface area contributed by atoms with Crippen LogP contribution in [0.4, 0.5) is 0 Å². The summed E-state index contributed by atoms with van der Waals surface area (Å²) in [5, 5.41) is 11.9. The van der Waals surface area contributed by atoms with Crippen LogP contribution in [0.2, 0.25) is 0 Å². The predicted octanol–water partition coefficient (Wildman–Crippen LogP) is 2.77. The van der Waals surface area contributed by atoms with E-state index in [0.717, 1.165) is 50.6 Å². The molecule has 4 nitrogen and oxygen atoms in total. The van der Waals surface area contributed by atoms with Crippen LogP contribution in [0.1, 0.15) is 43.7 Å². The van der Waals surface area contributed by atoms with E-state index in [-0.39, 0.29) is 5.92 Å². The van der Waals surface area contributed by atoms with Crippen LogP contribution < -0.4 is 9.64 Å². The number of hydrogen-bond acceptors (Lipinski definition) is 3. The Bertz CT molecular complexity index is 698. The Balaban J connectivity index is 1.90. The topological polar surface area (TPSA) is 43.1 Å². The smallest absolute Gasteiger partial charge is 0.119 e. The van der Waals surface area contributed by atoms with E-state index in [1.54, 1.807) is 0 Å². The third-order valence-electron chi connectivity index (χ3n) is 5.84. The number of hydrogen-bond donors (Lipinski definition) is 2. The highest BCUT2D eigenvalue weighted by Gasteiger charge is 2.40. The Morgan fingerprint density at radius 3 is 2.32 bits per heavy atom. The van der Waals surface area contributed by atoms with Crippen LogP contribution in [0.15, 0.2) is 54.6 Å². The van der Waals surface area contributed by atoms with E-state index in [1.165, 1.54) is 10.5 Å².